The van der Waals surface area contributed by atoms with Crippen LogP contribution < -0.4 is 5.32 Å². The molecule has 0 aliphatic carbocycles. The third kappa shape index (κ3) is 7.65. The number of carboxylic acids is 1. The Morgan fingerprint density at radius 3 is 2.14 bits per heavy atom. The molecule has 0 rings (SSSR count). The summed E-state index contributed by atoms with van der Waals surface area (Å²) in [6, 6.07) is -1.24. The number of rotatable bonds is 9. The lowest BCUT2D eigenvalue weighted by molar-refractivity contribution is -0.149. The molecule has 0 saturated heterocycles. The van der Waals surface area contributed by atoms with Crippen LogP contribution in [0.25, 0.3) is 0 Å². The topological polar surface area (TPSA) is 113 Å². The van der Waals surface area contributed by atoms with E-state index in [2.05, 4.69) is 5.32 Å². The van der Waals surface area contributed by atoms with Gasteiger partial charge in [-0.25, -0.2) is 4.79 Å². The van der Waals surface area contributed by atoms with Crippen LogP contribution in [0.15, 0.2) is 0 Å². The van der Waals surface area contributed by atoms with Crippen LogP contribution in [0.2, 0.25) is 0 Å². The highest BCUT2D eigenvalue weighted by Crippen LogP contribution is 2.10. The van der Waals surface area contributed by atoms with Gasteiger partial charge in [0.25, 0.3) is 0 Å². The van der Waals surface area contributed by atoms with Crippen LogP contribution in [0.5, 0.6) is 0 Å². The molecule has 1 amide bonds. The minimum absolute atomic E-state index is 0.0890. The van der Waals surface area contributed by atoms with Crippen molar-refractivity contribution >= 4 is 17.8 Å². The number of carbonyl (C=O) groups excluding carboxylic acids is 2. The molecule has 0 saturated carbocycles. The van der Waals surface area contributed by atoms with E-state index < -0.39 is 35.9 Å². The van der Waals surface area contributed by atoms with Gasteiger partial charge >= 0.3 is 11.9 Å². The maximum Gasteiger partial charge on any atom is 0.326 e. The zero-order valence-corrected chi connectivity index (χ0v) is 13.0. The zero-order chi connectivity index (χ0) is 16.6. The number of aliphatic hydroxyl groups excluding tert-OH is 1. The minimum Gasteiger partial charge on any atom is -0.480 e. The molecule has 7 nitrogen and oxygen atoms in total. The lowest BCUT2D eigenvalue weighted by Crippen LogP contribution is -2.47. The van der Waals surface area contributed by atoms with Gasteiger partial charge in [0.15, 0.2) is 0 Å². The van der Waals surface area contributed by atoms with Crippen molar-refractivity contribution in [3.05, 3.63) is 0 Å². The number of hydrogen-bond donors (Lipinski definition) is 3. The summed E-state index contributed by atoms with van der Waals surface area (Å²) in [5, 5.41) is 21.0. The molecule has 0 bridgehead atoms. The third-order valence-corrected chi connectivity index (χ3v) is 2.89. The SMILES string of the molecule is CCOC(=O)[C@@H](C)C[C@H](NC(=O)[C@H](O)CC(C)C)C(=O)O. The average molecular weight is 303 g/mol. The van der Waals surface area contributed by atoms with Crippen molar-refractivity contribution in [2.75, 3.05) is 6.61 Å². The summed E-state index contributed by atoms with van der Waals surface area (Å²) in [6.07, 6.45) is -1.11. The lowest BCUT2D eigenvalue weighted by atomic mass is 10.0. The number of aliphatic carboxylic acids is 1. The number of ether oxygens (including phenoxy) is 1. The molecule has 0 aliphatic rings. The number of aliphatic hydroxyl groups is 1. The van der Waals surface area contributed by atoms with Gasteiger partial charge in [-0.1, -0.05) is 20.8 Å². The van der Waals surface area contributed by atoms with Crippen LogP contribution in [0, 0.1) is 11.8 Å². The Hall–Kier alpha value is -1.63. The van der Waals surface area contributed by atoms with Crippen LogP contribution in [0.4, 0.5) is 0 Å². The van der Waals surface area contributed by atoms with Gasteiger partial charge in [-0.05, 0) is 25.7 Å². The van der Waals surface area contributed by atoms with Gasteiger partial charge in [-0.3, -0.25) is 9.59 Å². The fourth-order valence-electron chi connectivity index (χ4n) is 1.78. The Morgan fingerprint density at radius 2 is 1.71 bits per heavy atom. The van der Waals surface area contributed by atoms with E-state index in [9.17, 15) is 19.5 Å². The number of esters is 1. The maximum atomic E-state index is 11.7. The van der Waals surface area contributed by atoms with Crippen molar-refractivity contribution in [3.63, 3.8) is 0 Å². The van der Waals surface area contributed by atoms with E-state index in [0.29, 0.717) is 0 Å². The fraction of sp³-hybridized carbons (Fsp3) is 0.786. The van der Waals surface area contributed by atoms with Crippen LogP contribution >= 0.6 is 0 Å². The first-order chi connectivity index (χ1) is 9.68. The van der Waals surface area contributed by atoms with Crippen molar-refractivity contribution in [1.82, 2.24) is 5.32 Å². The molecule has 0 aromatic heterocycles. The maximum absolute atomic E-state index is 11.7. The summed E-state index contributed by atoms with van der Waals surface area (Å²) in [6.45, 7) is 7.08. The second-order valence-corrected chi connectivity index (χ2v) is 5.43. The Kier molecular flexibility index (Phi) is 8.61. The number of hydrogen-bond acceptors (Lipinski definition) is 5. The van der Waals surface area contributed by atoms with Gasteiger partial charge < -0.3 is 20.3 Å². The first kappa shape index (κ1) is 19.4. The van der Waals surface area contributed by atoms with E-state index in [-0.39, 0.29) is 25.4 Å². The molecule has 0 unspecified atom stereocenters. The smallest absolute Gasteiger partial charge is 0.326 e. The van der Waals surface area contributed by atoms with E-state index in [1.165, 1.54) is 6.92 Å². The first-order valence-corrected chi connectivity index (χ1v) is 7.06. The molecule has 3 N–H and O–H groups in total. The molecule has 122 valence electrons. The van der Waals surface area contributed by atoms with Crippen molar-refractivity contribution in [2.24, 2.45) is 11.8 Å². The van der Waals surface area contributed by atoms with Gasteiger partial charge in [0.05, 0.1) is 12.5 Å². The van der Waals surface area contributed by atoms with Crippen LogP contribution in [0.3, 0.4) is 0 Å². The van der Waals surface area contributed by atoms with Crippen LogP contribution in [0.1, 0.15) is 40.5 Å². The molecular weight excluding hydrogens is 278 g/mol. The molecular formula is C14H25NO6. The summed E-state index contributed by atoms with van der Waals surface area (Å²) in [4.78, 5) is 34.4. The van der Waals surface area contributed by atoms with Crippen molar-refractivity contribution in [1.29, 1.82) is 0 Å². The first-order valence-electron chi connectivity index (χ1n) is 7.06. The van der Waals surface area contributed by atoms with Crippen molar-refractivity contribution in [3.8, 4) is 0 Å². The van der Waals surface area contributed by atoms with Gasteiger partial charge in [-0.15, -0.1) is 0 Å². The highest BCUT2D eigenvalue weighted by atomic mass is 16.5. The van der Waals surface area contributed by atoms with E-state index >= 15 is 0 Å². The summed E-state index contributed by atoms with van der Waals surface area (Å²) in [5.41, 5.74) is 0. The second kappa shape index (κ2) is 9.33. The number of carboxylic acid groups (broad SMARTS) is 1. The Morgan fingerprint density at radius 1 is 1.14 bits per heavy atom. The molecule has 7 heteroatoms. The highest BCUT2D eigenvalue weighted by Gasteiger charge is 2.28. The molecule has 21 heavy (non-hydrogen) atoms. The van der Waals surface area contributed by atoms with E-state index in [0.717, 1.165) is 0 Å². The predicted molar refractivity (Wildman–Crippen MR) is 75.4 cm³/mol. The second-order valence-electron chi connectivity index (χ2n) is 5.43. The van der Waals surface area contributed by atoms with Crippen molar-refractivity contribution < 1.29 is 29.3 Å². The fourth-order valence-corrected chi connectivity index (χ4v) is 1.78. The van der Waals surface area contributed by atoms with Gasteiger partial charge in [-0.2, -0.15) is 0 Å². The third-order valence-electron chi connectivity index (χ3n) is 2.89. The predicted octanol–water partition coefficient (Wildman–Crippen LogP) is 0.552. The summed E-state index contributed by atoms with van der Waals surface area (Å²) >= 11 is 0. The standard InChI is InChI=1S/C14H25NO6/c1-5-21-14(20)9(4)7-10(13(18)19)15-12(17)11(16)6-8(2)3/h8-11,16H,5-7H2,1-4H3,(H,15,17)(H,18,19)/t9-,10-,11+/m0/s1. The zero-order valence-electron chi connectivity index (χ0n) is 13.0. The Balaban J connectivity index is 4.59. The Labute approximate surface area is 124 Å². The quantitative estimate of drug-likeness (QED) is 0.536. The summed E-state index contributed by atoms with van der Waals surface area (Å²) < 4.78 is 4.80. The lowest BCUT2D eigenvalue weighted by Gasteiger charge is -2.20. The Bertz CT molecular complexity index is 368. The van der Waals surface area contributed by atoms with E-state index in [1.807, 2.05) is 13.8 Å². The van der Waals surface area contributed by atoms with Gasteiger partial charge in [0, 0.05) is 0 Å². The molecule has 0 fully saturated rings. The average Bonchev–Trinajstić information content (AvgIpc) is 2.36. The normalized spacial score (nSPS) is 15.1. The van der Waals surface area contributed by atoms with Crippen LogP contribution in [-0.4, -0.2) is 46.8 Å². The number of carbonyl (C=O) groups is 3. The van der Waals surface area contributed by atoms with Crippen molar-refractivity contribution in [2.45, 2.75) is 52.7 Å². The molecule has 0 heterocycles. The summed E-state index contributed by atoms with van der Waals surface area (Å²) in [7, 11) is 0. The van der Waals surface area contributed by atoms with E-state index in [1.54, 1.807) is 6.92 Å². The van der Waals surface area contributed by atoms with E-state index in [4.69, 9.17) is 9.84 Å². The number of amides is 1. The monoisotopic (exact) mass is 303 g/mol. The largest absolute Gasteiger partial charge is 0.480 e. The van der Waals surface area contributed by atoms with Gasteiger partial charge in [0.2, 0.25) is 5.91 Å². The number of nitrogens with one attached hydrogen (secondary N) is 1. The minimum atomic E-state index is -1.26. The molecule has 3 atom stereocenters. The molecule has 0 aromatic rings. The molecule has 0 aliphatic heterocycles. The summed E-state index contributed by atoms with van der Waals surface area (Å²) in [5.74, 6) is -3.06. The molecule has 0 radical (unpaired) electrons. The van der Waals surface area contributed by atoms with Crippen LogP contribution in [-0.2, 0) is 19.1 Å². The highest BCUT2D eigenvalue weighted by molar-refractivity contribution is 5.86. The van der Waals surface area contributed by atoms with Gasteiger partial charge in [0.1, 0.15) is 12.1 Å². The molecule has 0 spiro atoms. The molecule has 0 aromatic carbocycles.